The number of pyridine rings is 1. The smallest absolute Gasteiger partial charge is 0.256 e. The lowest BCUT2D eigenvalue weighted by Gasteiger charge is -2.23. The zero-order valence-corrected chi connectivity index (χ0v) is 14.6. The summed E-state index contributed by atoms with van der Waals surface area (Å²) < 4.78 is 7.64. The fraction of sp³-hybridized carbons (Fsp3) is 0.316. The second-order valence-corrected chi connectivity index (χ2v) is 6.56. The van der Waals surface area contributed by atoms with E-state index in [1.165, 1.54) is 0 Å². The summed E-state index contributed by atoms with van der Waals surface area (Å²) in [5.74, 6) is 0.682. The summed E-state index contributed by atoms with van der Waals surface area (Å²) in [7, 11) is 0. The van der Waals surface area contributed by atoms with Gasteiger partial charge in [0.2, 0.25) is 0 Å². The summed E-state index contributed by atoms with van der Waals surface area (Å²) in [6.45, 7) is 2.68. The van der Waals surface area contributed by atoms with E-state index in [-0.39, 0.29) is 12.1 Å². The summed E-state index contributed by atoms with van der Waals surface area (Å²) in [5, 5.41) is 7.98. The maximum absolute atomic E-state index is 12.5. The molecule has 3 heterocycles. The average Bonchev–Trinajstić information content (AvgIpc) is 3.00. The lowest BCUT2D eigenvalue weighted by molar-refractivity contribution is -0.0365. The first kappa shape index (κ1) is 16.5. The number of carbonyl (C=O) groups excluding carboxylic acids is 1. The van der Waals surface area contributed by atoms with Crippen molar-refractivity contribution < 1.29 is 9.53 Å². The summed E-state index contributed by atoms with van der Waals surface area (Å²) in [4.78, 5) is 16.7. The van der Waals surface area contributed by atoms with E-state index < -0.39 is 0 Å². The number of hydrogen-bond acceptors (Lipinski definition) is 5. The predicted octanol–water partition coefficient (Wildman–Crippen LogP) is 3.27. The van der Waals surface area contributed by atoms with Gasteiger partial charge in [0.05, 0.1) is 5.52 Å². The van der Waals surface area contributed by atoms with E-state index >= 15 is 0 Å². The van der Waals surface area contributed by atoms with E-state index in [1.807, 2.05) is 23.7 Å². The molecule has 7 heteroatoms. The van der Waals surface area contributed by atoms with E-state index in [9.17, 15) is 4.79 Å². The molecule has 3 aromatic rings. The van der Waals surface area contributed by atoms with E-state index in [0.717, 1.165) is 42.3 Å². The van der Waals surface area contributed by atoms with Gasteiger partial charge in [-0.3, -0.25) is 4.79 Å². The minimum atomic E-state index is -0.232. The first-order chi connectivity index (χ1) is 12.6. The molecule has 0 aliphatic carbocycles. The number of aryl methyl sites for hydroxylation is 1. The van der Waals surface area contributed by atoms with Crippen molar-refractivity contribution in [2.45, 2.75) is 32.4 Å². The number of ether oxygens (including phenoxy) is 1. The van der Waals surface area contributed by atoms with Gasteiger partial charge in [0.1, 0.15) is 5.82 Å². The van der Waals surface area contributed by atoms with E-state index in [2.05, 4.69) is 15.4 Å². The number of nitrogen functional groups attached to an aromatic ring is 1. The van der Waals surface area contributed by atoms with Crippen LogP contribution >= 0.6 is 0 Å². The highest BCUT2D eigenvalue weighted by molar-refractivity contribution is 6.06. The maximum Gasteiger partial charge on any atom is 0.256 e. The number of rotatable bonds is 3. The van der Waals surface area contributed by atoms with Crippen molar-refractivity contribution in [3.63, 3.8) is 0 Å². The van der Waals surface area contributed by atoms with Crippen molar-refractivity contribution in [3.05, 3.63) is 47.7 Å². The molecule has 1 aromatic carbocycles. The quantitative estimate of drug-likeness (QED) is 0.755. The van der Waals surface area contributed by atoms with Crippen molar-refractivity contribution in [2.75, 3.05) is 17.7 Å². The van der Waals surface area contributed by atoms with Crippen LogP contribution in [0.3, 0.4) is 0 Å². The lowest BCUT2D eigenvalue weighted by atomic mass is 10.1. The molecular formula is C19H21N5O2. The van der Waals surface area contributed by atoms with E-state index in [4.69, 9.17) is 10.5 Å². The van der Waals surface area contributed by atoms with Crippen LogP contribution in [0.15, 0.2) is 36.5 Å². The van der Waals surface area contributed by atoms with Gasteiger partial charge >= 0.3 is 0 Å². The summed E-state index contributed by atoms with van der Waals surface area (Å²) >= 11 is 0. The normalized spacial score (nSPS) is 17.3. The highest BCUT2D eigenvalue weighted by atomic mass is 16.5. The molecule has 0 spiro atoms. The number of nitrogens with one attached hydrogen (secondary N) is 1. The summed E-state index contributed by atoms with van der Waals surface area (Å²) in [5.41, 5.74) is 8.51. The van der Waals surface area contributed by atoms with Crippen LogP contribution in [0.25, 0.3) is 10.9 Å². The Morgan fingerprint density at radius 1 is 1.31 bits per heavy atom. The monoisotopic (exact) mass is 351 g/mol. The molecule has 134 valence electrons. The number of carbonyl (C=O) groups is 1. The minimum absolute atomic E-state index is 0.0972. The Hall–Kier alpha value is -2.93. The van der Waals surface area contributed by atoms with Crippen LogP contribution in [0.2, 0.25) is 0 Å². The summed E-state index contributed by atoms with van der Waals surface area (Å²) in [6, 6.07) is 9.08. The number of benzene rings is 1. The second kappa shape index (κ2) is 6.76. The van der Waals surface area contributed by atoms with Crippen LogP contribution < -0.4 is 11.1 Å². The van der Waals surface area contributed by atoms with Crippen LogP contribution in [-0.2, 0) is 4.74 Å². The topological polar surface area (TPSA) is 95.1 Å². The Morgan fingerprint density at radius 3 is 2.92 bits per heavy atom. The summed E-state index contributed by atoms with van der Waals surface area (Å²) in [6.07, 6.45) is 4.71. The van der Waals surface area contributed by atoms with Gasteiger partial charge < -0.3 is 15.8 Å². The molecule has 7 nitrogen and oxygen atoms in total. The zero-order chi connectivity index (χ0) is 18.1. The van der Waals surface area contributed by atoms with E-state index in [1.54, 1.807) is 24.4 Å². The standard InChI is InChI=1S/C19H21N5O2/c1-12-5-8-16(21-11-12)22-19(25)13-6-7-15-14(10-13)18(20)23-24(15)17-4-2-3-9-26-17/h5-8,10-11,17H,2-4,9H2,1H3,(H2,20,23)(H,21,22,25). The molecular weight excluding hydrogens is 330 g/mol. The number of fused-ring (bicyclic) bond motifs is 1. The Labute approximate surface area is 151 Å². The lowest BCUT2D eigenvalue weighted by Crippen LogP contribution is -2.19. The molecule has 1 atom stereocenters. The third-order valence-corrected chi connectivity index (χ3v) is 4.58. The van der Waals surface area contributed by atoms with Crippen molar-refractivity contribution in [1.29, 1.82) is 0 Å². The number of anilines is 2. The van der Waals surface area contributed by atoms with Gasteiger partial charge in [-0.1, -0.05) is 6.07 Å². The molecule has 0 saturated carbocycles. The number of hydrogen-bond donors (Lipinski definition) is 2. The fourth-order valence-corrected chi connectivity index (χ4v) is 3.17. The molecule has 26 heavy (non-hydrogen) atoms. The maximum atomic E-state index is 12.5. The van der Waals surface area contributed by atoms with Crippen molar-refractivity contribution in [3.8, 4) is 0 Å². The molecule has 2 aromatic heterocycles. The Balaban J connectivity index is 1.62. The van der Waals surface area contributed by atoms with Gasteiger partial charge in [0.25, 0.3) is 5.91 Å². The van der Waals surface area contributed by atoms with Crippen LogP contribution in [-0.4, -0.2) is 27.3 Å². The van der Waals surface area contributed by atoms with Gasteiger partial charge in [0.15, 0.2) is 12.0 Å². The van der Waals surface area contributed by atoms with Crippen LogP contribution in [0.4, 0.5) is 11.6 Å². The van der Waals surface area contributed by atoms with E-state index in [0.29, 0.717) is 17.2 Å². The zero-order valence-electron chi connectivity index (χ0n) is 14.6. The highest BCUT2D eigenvalue weighted by Crippen LogP contribution is 2.29. The third-order valence-electron chi connectivity index (χ3n) is 4.58. The molecule has 1 aliphatic rings. The molecule has 4 rings (SSSR count). The van der Waals surface area contributed by atoms with Gasteiger partial charge in [0, 0.05) is 23.8 Å². The van der Waals surface area contributed by atoms with Gasteiger partial charge in [-0.05, 0) is 56.0 Å². The molecule has 1 amide bonds. The number of nitrogens with two attached hydrogens (primary N) is 1. The number of aromatic nitrogens is 3. The number of nitrogens with zero attached hydrogens (tertiary/aromatic N) is 3. The Kier molecular flexibility index (Phi) is 4.30. The highest BCUT2D eigenvalue weighted by Gasteiger charge is 2.21. The largest absolute Gasteiger partial charge is 0.382 e. The van der Waals surface area contributed by atoms with Crippen molar-refractivity contribution >= 4 is 28.4 Å². The molecule has 3 N–H and O–H groups in total. The van der Waals surface area contributed by atoms with Crippen LogP contribution in [0.1, 0.15) is 41.4 Å². The average molecular weight is 351 g/mol. The first-order valence-corrected chi connectivity index (χ1v) is 8.75. The molecule has 1 saturated heterocycles. The molecule has 1 unspecified atom stereocenters. The SMILES string of the molecule is Cc1ccc(NC(=O)c2ccc3c(c2)c(N)nn3C2CCCCO2)nc1. The Bertz CT molecular complexity index is 942. The predicted molar refractivity (Wildman–Crippen MR) is 99.9 cm³/mol. The first-order valence-electron chi connectivity index (χ1n) is 8.75. The molecule has 0 bridgehead atoms. The van der Waals surface area contributed by atoms with Crippen LogP contribution in [0.5, 0.6) is 0 Å². The molecule has 1 aliphatic heterocycles. The second-order valence-electron chi connectivity index (χ2n) is 6.56. The van der Waals surface area contributed by atoms with Crippen LogP contribution in [0, 0.1) is 6.92 Å². The van der Waals surface area contributed by atoms with Gasteiger partial charge in [-0.2, -0.15) is 5.10 Å². The molecule has 1 fully saturated rings. The number of amides is 1. The van der Waals surface area contributed by atoms with Gasteiger partial charge in [-0.25, -0.2) is 9.67 Å². The van der Waals surface area contributed by atoms with Gasteiger partial charge in [-0.15, -0.1) is 0 Å². The third kappa shape index (κ3) is 3.13. The minimum Gasteiger partial charge on any atom is -0.382 e. The fourth-order valence-electron chi connectivity index (χ4n) is 3.17. The molecule has 0 radical (unpaired) electrons. The Morgan fingerprint density at radius 2 is 2.19 bits per heavy atom. The van der Waals surface area contributed by atoms with Crippen molar-refractivity contribution in [1.82, 2.24) is 14.8 Å². The van der Waals surface area contributed by atoms with Crippen molar-refractivity contribution in [2.24, 2.45) is 0 Å².